The molecule has 1 aromatic carbocycles. The summed E-state index contributed by atoms with van der Waals surface area (Å²) in [5.74, 6) is 0.0184. The lowest BCUT2D eigenvalue weighted by Crippen LogP contribution is -2.42. The van der Waals surface area contributed by atoms with Crippen LogP contribution in [0.2, 0.25) is 0 Å². The average molecular weight is 283 g/mol. The number of nitrogens with one attached hydrogen (secondary N) is 1. The van der Waals surface area contributed by atoms with Crippen LogP contribution in [0.1, 0.15) is 30.7 Å². The highest BCUT2D eigenvalue weighted by atomic mass is 16.1. The lowest BCUT2D eigenvalue weighted by molar-refractivity contribution is -0.690. The monoisotopic (exact) mass is 283 g/mol. The molecular weight excluding hydrogens is 260 g/mol. The summed E-state index contributed by atoms with van der Waals surface area (Å²) in [6.45, 7) is 6.57. The fourth-order valence-corrected chi connectivity index (χ4v) is 2.48. The van der Waals surface area contributed by atoms with Crippen molar-refractivity contribution in [3.05, 3.63) is 59.4 Å². The molecule has 0 aliphatic rings. The SMILES string of the molecule is CCc1cccc(CC)c1NC(=O)C[n+]1ccccc1C. The van der Waals surface area contributed by atoms with E-state index in [1.54, 1.807) is 0 Å². The number of carbonyl (C=O) groups excluding carboxylic acids is 1. The summed E-state index contributed by atoms with van der Waals surface area (Å²) in [5, 5.41) is 3.10. The minimum Gasteiger partial charge on any atom is -0.320 e. The minimum absolute atomic E-state index is 0.0184. The first-order chi connectivity index (χ1) is 10.2. The third-order valence-corrected chi connectivity index (χ3v) is 3.74. The number of hydrogen-bond donors (Lipinski definition) is 1. The van der Waals surface area contributed by atoms with Gasteiger partial charge in [0, 0.05) is 24.7 Å². The summed E-state index contributed by atoms with van der Waals surface area (Å²) in [6, 6.07) is 12.1. The maximum Gasteiger partial charge on any atom is 0.290 e. The molecule has 0 aliphatic heterocycles. The highest BCUT2D eigenvalue weighted by molar-refractivity contribution is 5.91. The van der Waals surface area contributed by atoms with Crippen molar-refractivity contribution in [1.29, 1.82) is 0 Å². The Hall–Kier alpha value is -2.16. The fraction of sp³-hybridized carbons (Fsp3) is 0.333. The van der Waals surface area contributed by atoms with Gasteiger partial charge in [0.2, 0.25) is 6.54 Å². The molecule has 1 amide bonds. The van der Waals surface area contributed by atoms with Crippen molar-refractivity contribution in [2.45, 2.75) is 40.2 Å². The molecule has 110 valence electrons. The quantitative estimate of drug-likeness (QED) is 0.841. The van der Waals surface area contributed by atoms with Crippen LogP contribution in [0.25, 0.3) is 0 Å². The molecule has 21 heavy (non-hydrogen) atoms. The molecule has 1 N–H and O–H groups in total. The van der Waals surface area contributed by atoms with E-state index in [-0.39, 0.29) is 5.91 Å². The van der Waals surface area contributed by atoms with Crippen molar-refractivity contribution in [1.82, 2.24) is 0 Å². The molecule has 0 radical (unpaired) electrons. The van der Waals surface area contributed by atoms with Crippen LogP contribution in [-0.2, 0) is 24.2 Å². The number of hydrogen-bond acceptors (Lipinski definition) is 1. The Bertz CT molecular complexity index is 613. The zero-order valence-corrected chi connectivity index (χ0v) is 13.0. The van der Waals surface area contributed by atoms with E-state index in [2.05, 4.69) is 37.4 Å². The van der Waals surface area contributed by atoms with Crippen LogP contribution < -0.4 is 9.88 Å². The van der Waals surface area contributed by atoms with Gasteiger partial charge in [0.05, 0.1) is 0 Å². The van der Waals surface area contributed by atoms with E-state index >= 15 is 0 Å². The maximum absolute atomic E-state index is 12.3. The van der Waals surface area contributed by atoms with Gasteiger partial charge in [0.15, 0.2) is 11.9 Å². The van der Waals surface area contributed by atoms with Crippen LogP contribution in [0.5, 0.6) is 0 Å². The van der Waals surface area contributed by atoms with Gasteiger partial charge >= 0.3 is 0 Å². The largest absolute Gasteiger partial charge is 0.320 e. The predicted octanol–water partition coefficient (Wildman–Crippen LogP) is 3.05. The topological polar surface area (TPSA) is 33.0 Å². The number of rotatable bonds is 5. The number of carbonyl (C=O) groups is 1. The van der Waals surface area contributed by atoms with E-state index in [9.17, 15) is 4.79 Å². The first-order valence-electron chi connectivity index (χ1n) is 7.51. The second kappa shape index (κ2) is 7.02. The summed E-state index contributed by atoms with van der Waals surface area (Å²) in [5.41, 5.74) is 4.45. The number of para-hydroxylation sites is 1. The van der Waals surface area contributed by atoms with Crippen LogP contribution in [0, 0.1) is 6.92 Å². The molecule has 2 rings (SSSR count). The Morgan fingerprint density at radius 1 is 1.05 bits per heavy atom. The average Bonchev–Trinajstić information content (AvgIpc) is 2.49. The molecule has 0 bridgehead atoms. The number of anilines is 1. The van der Waals surface area contributed by atoms with Crippen LogP contribution in [0.3, 0.4) is 0 Å². The van der Waals surface area contributed by atoms with Crippen LogP contribution in [0.4, 0.5) is 5.69 Å². The summed E-state index contributed by atoms with van der Waals surface area (Å²) < 4.78 is 1.95. The van der Waals surface area contributed by atoms with Gasteiger partial charge in [-0.25, -0.2) is 0 Å². The minimum atomic E-state index is 0.0184. The van der Waals surface area contributed by atoms with Crippen molar-refractivity contribution in [3.63, 3.8) is 0 Å². The molecule has 0 atom stereocenters. The van der Waals surface area contributed by atoms with Gasteiger partial charge in [-0.05, 0) is 24.0 Å². The molecule has 0 saturated heterocycles. The normalized spacial score (nSPS) is 10.4. The Labute approximate surface area is 126 Å². The number of aryl methyl sites for hydroxylation is 3. The second-order valence-electron chi connectivity index (χ2n) is 5.18. The third-order valence-electron chi connectivity index (χ3n) is 3.74. The first kappa shape index (κ1) is 15.2. The molecule has 0 saturated carbocycles. The van der Waals surface area contributed by atoms with E-state index < -0.39 is 0 Å². The Balaban J connectivity index is 2.18. The van der Waals surface area contributed by atoms with Gasteiger partial charge in [0.25, 0.3) is 5.91 Å². The number of pyridine rings is 1. The molecule has 0 fully saturated rings. The van der Waals surface area contributed by atoms with Gasteiger partial charge < -0.3 is 5.32 Å². The van der Waals surface area contributed by atoms with E-state index in [1.165, 1.54) is 11.1 Å². The van der Waals surface area contributed by atoms with E-state index in [4.69, 9.17) is 0 Å². The van der Waals surface area contributed by atoms with E-state index in [0.717, 1.165) is 24.2 Å². The van der Waals surface area contributed by atoms with Crippen LogP contribution >= 0.6 is 0 Å². The zero-order valence-electron chi connectivity index (χ0n) is 13.0. The molecule has 0 unspecified atom stereocenters. The zero-order chi connectivity index (χ0) is 15.2. The molecule has 1 heterocycles. The number of amides is 1. The molecule has 1 aromatic heterocycles. The van der Waals surface area contributed by atoms with Gasteiger partial charge in [-0.1, -0.05) is 38.1 Å². The standard InChI is InChI=1S/C18H22N2O/c1-4-15-10-8-11-16(5-2)18(15)19-17(21)13-20-12-7-6-9-14(20)3/h6-12H,4-5,13H2,1-3H3/p+1. The smallest absolute Gasteiger partial charge is 0.290 e. The predicted molar refractivity (Wildman–Crippen MR) is 85.2 cm³/mol. The number of benzene rings is 1. The summed E-state index contributed by atoms with van der Waals surface area (Å²) >= 11 is 0. The molecule has 0 spiro atoms. The highest BCUT2D eigenvalue weighted by Crippen LogP contribution is 2.22. The van der Waals surface area contributed by atoms with Crippen molar-refractivity contribution in [3.8, 4) is 0 Å². The lowest BCUT2D eigenvalue weighted by atomic mass is 10.0. The van der Waals surface area contributed by atoms with Crippen LogP contribution in [0.15, 0.2) is 42.6 Å². The number of nitrogens with zero attached hydrogens (tertiary/aromatic N) is 1. The highest BCUT2D eigenvalue weighted by Gasteiger charge is 2.14. The fourth-order valence-electron chi connectivity index (χ4n) is 2.48. The van der Waals surface area contributed by atoms with E-state index in [0.29, 0.717) is 6.54 Å². The first-order valence-corrected chi connectivity index (χ1v) is 7.51. The van der Waals surface area contributed by atoms with Gasteiger partial charge in [0.1, 0.15) is 0 Å². The summed E-state index contributed by atoms with van der Waals surface area (Å²) in [4.78, 5) is 12.3. The number of aromatic nitrogens is 1. The van der Waals surface area contributed by atoms with Crippen molar-refractivity contribution in [2.24, 2.45) is 0 Å². The Morgan fingerprint density at radius 3 is 2.29 bits per heavy atom. The van der Waals surface area contributed by atoms with Gasteiger partial charge in [-0.2, -0.15) is 4.57 Å². The summed E-state index contributed by atoms with van der Waals surface area (Å²) in [6.07, 6.45) is 3.77. The van der Waals surface area contributed by atoms with Crippen molar-refractivity contribution < 1.29 is 9.36 Å². The maximum atomic E-state index is 12.3. The molecule has 2 aromatic rings. The Kier molecular flexibility index (Phi) is 5.09. The Morgan fingerprint density at radius 2 is 1.71 bits per heavy atom. The third kappa shape index (κ3) is 3.69. The van der Waals surface area contributed by atoms with Crippen molar-refractivity contribution >= 4 is 11.6 Å². The van der Waals surface area contributed by atoms with Gasteiger partial charge in [-0.3, -0.25) is 4.79 Å². The lowest BCUT2D eigenvalue weighted by Gasteiger charge is -2.13. The molecule has 3 nitrogen and oxygen atoms in total. The second-order valence-corrected chi connectivity index (χ2v) is 5.18. The van der Waals surface area contributed by atoms with Crippen LogP contribution in [-0.4, -0.2) is 5.91 Å². The molecular formula is C18H23N2O+. The van der Waals surface area contributed by atoms with Crippen molar-refractivity contribution in [2.75, 3.05) is 5.32 Å². The van der Waals surface area contributed by atoms with E-state index in [1.807, 2.05) is 35.9 Å². The van der Waals surface area contributed by atoms with Gasteiger partial charge in [-0.15, -0.1) is 0 Å². The molecule has 0 aliphatic carbocycles. The molecule has 3 heteroatoms. The summed E-state index contributed by atoms with van der Waals surface area (Å²) in [7, 11) is 0.